The molecule has 2 N–H and O–H groups in total. The first-order valence-electron chi connectivity index (χ1n) is 9.96. The van der Waals surface area contributed by atoms with Crippen molar-refractivity contribution in [3.63, 3.8) is 0 Å². The van der Waals surface area contributed by atoms with Crippen molar-refractivity contribution >= 4 is 23.0 Å². The lowest BCUT2D eigenvalue weighted by molar-refractivity contribution is 0.194. The molecule has 154 valence electrons. The lowest BCUT2D eigenvalue weighted by atomic mass is 10.00. The Morgan fingerprint density at radius 1 is 1.19 bits per heavy atom. The Bertz CT molecular complexity index is 613. The molecule has 1 heterocycles. The van der Waals surface area contributed by atoms with Crippen LogP contribution >= 0.6 is 11.3 Å². The topological polar surface area (TPSA) is 54.2 Å². The summed E-state index contributed by atoms with van der Waals surface area (Å²) in [7, 11) is 2.15. The summed E-state index contributed by atoms with van der Waals surface area (Å²) >= 11 is 1.25. The van der Waals surface area contributed by atoms with Crippen LogP contribution in [-0.4, -0.2) is 47.1 Å². The normalized spacial score (nSPS) is 15.0. The van der Waals surface area contributed by atoms with Gasteiger partial charge in [-0.15, -0.1) is 11.3 Å². The van der Waals surface area contributed by atoms with Crippen LogP contribution in [0.5, 0.6) is 0 Å². The van der Waals surface area contributed by atoms with Crippen molar-refractivity contribution in [2.45, 2.75) is 78.8 Å². The van der Waals surface area contributed by atoms with Crippen LogP contribution in [0.15, 0.2) is 12.1 Å². The second-order valence-electron chi connectivity index (χ2n) is 7.95. The van der Waals surface area contributed by atoms with Crippen LogP contribution in [0.1, 0.15) is 71.6 Å². The molecule has 4 nitrogen and oxygen atoms in total. The maximum Gasteiger partial charge on any atom is 0.176 e. The summed E-state index contributed by atoms with van der Waals surface area (Å²) in [6, 6.07) is 3.96. The number of halogens is 1. The summed E-state index contributed by atoms with van der Waals surface area (Å²) in [5, 5.41) is 16.3. The number of hydrogen-bond donors (Lipinski definition) is 2. The van der Waals surface area contributed by atoms with Crippen molar-refractivity contribution in [1.29, 1.82) is 10.8 Å². The maximum absolute atomic E-state index is 13.2. The lowest BCUT2D eigenvalue weighted by Crippen LogP contribution is -2.46. The zero-order valence-electron chi connectivity index (χ0n) is 18.0. The molecular formula is C21H37FN4S. The summed E-state index contributed by atoms with van der Waals surface area (Å²) in [6.45, 7) is 13.2. The van der Waals surface area contributed by atoms with Crippen LogP contribution in [0.3, 0.4) is 0 Å². The Morgan fingerprint density at radius 3 is 2.26 bits per heavy atom. The lowest BCUT2D eigenvalue weighted by Gasteiger charge is -2.36. The fourth-order valence-corrected chi connectivity index (χ4v) is 4.32. The molecule has 1 rings (SSSR count). The summed E-state index contributed by atoms with van der Waals surface area (Å²) in [4.78, 5) is 5.35. The molecule has 3 unspecified atom stereocenters. The molecule has 0 bridgehead atoms. The van der Waals surface area contributed by atoms with E-state index in [0.29, 0.717) is 23.6 Å². The molecule has 0 amide bonds. The molecule has 0 spiro atoms. The van der Waals surface area contributed by atoms with Gasteiger partial charge in [-0.25, -0.2) is 0 Å². The summed E-state index contributed by atoms with van der Waals surface area (Å²) < 4.78 is 13.2. The van der Waals surface area contributed by atoms with Gasteiger partial charge in [0.15, 0.2) is 5.13 Å². The van der Waals surface area contributed by atoms with Crippen molar-refractivity contribution in [3.8, 4) is 0 Å². The fraction of sp³-hybridized carbons (Fsp3) is 0.714. The zero-order valence-corrected chi connectivity index (χ0v) is 18.8. The molecular weight excluding hydrogens is 359 g/mol. The van der Waals surface area contributed by atoms with Crippen LogP contribution in [0.2, 0.25) is 0 Å². The average molecular weight is 397 g/mol. The van der Waals surface area contributed by atoms with Gasteiger partial charge in [0, 0.05) is 22.9 Å². The van der Waals surface area contributed by atoms with Crippen molar-refractivity contribution in [1.82, 2.24) is 9.80 Å². The van der Waals surface area contributed by atoms with E-state index in [1.165, 1.54) is 11.3 Å². The fourth-order valence-electron chi connectivity index (χ4n) is 3.50. The van der Waals surface area contributed by atoms with E-state index in [2.05, 4.69) is 32.7 Å². The van der Waals surface area contributed by atoms with Crippen LogP contribution in [0.25, 0.3) is 0 Å². The molecule has 0 saturated heterocycles. The van der Waals surface area contributed by atoms with E-state index < -0.39 is 0 Å². The van der Waals surface area contributed by atoms with Crippen molar-refractivity contribution in [2.24, 2.45) is 5.92 Å². The van der Waals surface area contributed by atoms with Gasteiger partial charge in [-0.2, -0.15) is 4.39 Å². The zero-order chi connectivity index (χ0) is 20.7. The molecule has 6 heteroatoms. The highest BCUT2D eigenvalue weighted by molar-refractivity contribution is 7.10. The van der Waals surface area contributed by atoms with Crippen molar-refractivity contribution < 1.29 is 4.39 Å². The summed E-state index contributed by atoms with van der Waals surface area (Å²) in [5.74, 6) is 1.41. The highest BCUT2D eigenvalue weighted by Gasteiger charge is 2.25. The molecule has 27 heavy (non-hydrogen) atoms. The molecule has 0 aliphatic rings. The Hall–Kier alpha value is -1.27. The molecule has 3 atom stereocenters. The molecule has 1 aromatic rings. The number of nitrogens with zero attached hydrogens (tertiary/aromatic N) is 2. The molecule has 0 aliphatic carbocycles. The number of rotatable bonds is 10. The van der Waals surface area contributed by atoms with E-state index in [1.54, 1.807) is 13.0 Å². The van der Waals surface area contributed by atoms with E-state index in [4.69, 9.17) is 10.8 Å². The highest BCUT2D eigenvalue weighted by Crippen LogP contribution is 2.27. The molecule has 0 radical (unpaired) electrons. The van der Waals surface area contributed by atoms with Gasteiger partial charge < -0.3 is 9.80 Å². The largest absolute Gasteiger partial charge is 0.316 e. The van der Waals surface area contributed by atoms with Crippen LogP contribution in [0, 0.1) is 21.9 Å². The summed E-state index contributed by atoms with van der Waals surface area (Å²) in [6.07, 6.45) is 2.94. The third-order valence-corrected chi connectivity index (χ3v) is 6.42. The van der Waals surface area contributed by atoms with E-state index in [1.807, 2.05) is 24.8 Å². The third kappa shape index (κ3) is 7.00. The minimum atomic E-state index is -0.111. The Labute approximate surface area is 168 Å². The van der Waals surface area contributed by atoms with E-state index in [-0.39, 0.29) is 17.1 Å². The Balaban J connectivity index is 2.67. The highest BCUT2D eigenvalue weighted by atomic mass is 32.1. The standard InChI is InChI=1S/C21H37FN4S/c1-8-18(13-16(5)26(17(6)23)21(24)14(2)3)25(7)12-11-15(4)19-9-10-20(22)27-19/h9-10,14-16,18,23-24H,8,11-13H2,1-7H3. The number of thiophene rings is 1. The first-order chi connectivity index (χ1) is 12.6. The van der Waals surface area contributed by atoms with E-state index in [0.717, 1.165) is 30.7 Å². The van der Waals surface area contributed by atoms with Gasteiger partial charge in [-0.1, -0.05) is 27.7 Å². The summed E-state index contributed by atoms with van der Waals surface area (Å²) in [5.41, 5.74) is 0. The van der Waals surface area contributed by atoms with Crippen LogP contribution < -0.4 is 0 Å². The van der Waals surface area contributed by atoms with Gasteiger partial charge in [0.1, 0.15) is 5.84 Å². The predicted octanol–water partition coefficient (Wildman–Crippen LogP) is 5.80. The van der Waals surface area contributed by atoms with E-state index in [9.17, 15) is 4.39 Å². The monoisotopic (exact) mass is 396 g/mol. The van der Waals surface area contributed by atoms with Gasteiger partial charge >= 0.3 is 0 Å². The molecule has 0 aromatic carbocycles. The maximum atomic E-state index is 13.2. The molecule has 0 saturated carbocycles. The van der Waals surface area contributed by atoms with Gasteiger partial charge in [0.25, 0.3) is 0 Å². The molecule has 0 fully saturated rings. The van der Waals surface area contributed by atoms with Crippen molar-refractivity contribution in [3.05, 3.63) is 22.1 Å². The van der Waals surface area contributed by atoms with Gasteiger partial charge in [-0.3, -0.25) is 10.8 Å². The first-order valence-corrected chi connectivity index (χ1v) is 10.8. The van der Waals surface area contributed by atoms with Crippen LogP contribution in [-0.2, 0) is 0 Å². The van der Waals surface area contributed by atoms with E-state index >= 15 is 0 Å². The minimum absolute atomic E-state index is 0.109. The SMILES string of the molecule is CCC(CC(C)N(C(C)=N)C(=N)C(C)C)N(C)CCC(C)c1ccc(F)s1. The minimum Gasteiger partial charge on any atom is -0.316 e. The predicted molar refractivity (Wildman–Crippen MR) is 116 cm³/mol. The molecule has 0 aliphatic heterocycles. The second kappa shape index (κ2) is 10.9. The Morgan fingerprint density at radius 2 is 1.81 bits per heavy atom. The Kier molecular flexibility index (Phi) is 9.60. The smallest absolute Gasteiger partial charge is 0.176 e. The average Bonchev–Trinajstić information content (AvgIpc) is 3.03. The molecule has 1 aromatic heterocycles. The first kappa shape index (κ1) is 23.8. The number of hydrogen-bond acceptors (Lipinski definition) is 4. The van der Waals surface area contributed by atoms with Crippen molar-refractivity contribution in [2.75, 3.05) is 13.6 Å². The van der Waals surface area contributed by atoms with Gasteiger partial charge in [0.05, 0.1) is 5.84 Å². The number of nitrogens with one attached hydrogen (secondary N) is 2. The second-order valence-corrected chi connectivity index (χ2v) is 9.02. The number of amidine groups is 2. The third-order valence-electron chi connectivity index (χ3n) is 5.31. The quantitative estimate of drug-likeness (QED) is 0.388. The van der Waals surface area contributed by atoms with Crippen LogP contribution in [0.4, 0.5) is 4.39 Å². The van der Waals surface area contributed by atoms with Gasteiger partial charge in [0.2, 0.25) is 0 Å². The van der Waals surface area contributed by atoms with Gasteiger partial charge in [-0.05, 0) is 64.8 Å².